The molecular formula is C26H29N3O7S. The van der Waals surface area contributed by atoms with Crippen molar-refractivity contribution in [3.05, 3.63) is 65.1 Å². The number of benzene rings is 3. The maximum Gasteiger partial charge on any atom is 0.328 e. The molecule has 0 aliphatic heterocycles. The Morgan fingerprint density at radius 2 is 1.43 bits per heavy atom. The monoisotopic (exact) mass is 527 g/mol. The number of anilines is 1. The molecule has 0 aliphatic carbocycles. The molecule has 1 N–H and O–H groups in total. The lowest BCUT2D eigenvalue weighted by Crippen LogP contribution is -2.19. The first-order valence-electron chi connectivity index (χ1n) is 11.5. The van der Waals surface area contributed by atoms with Crippen LogP contribution in [0.25, 0.3) is 11.0 Å². The van der Waals surface area contributed by atoms with Crippen molar-refractivity contribution >= 4 is 26.7 Å². The molecule has 0 saturated carbocycles. The van der Waals surface area contributed by atoms with Crippen LogP contribution in [0.3, 0.4) is 0 Å². The largest absolute Gasteiger partial charge is 0.497 e. The lowest BCUT2D eigenvalue weighted by molar-refractivity contribution is 0.316. The summed E-state index contributed by atoms with van der Waals surface area (Å²) in [6.07, 6.45) is 0.852. The molecule has 1 aromatic heterocycles. The van der Waals surface area contributed by atoms with Gasteiger partial charge in [0.25, 0.3) is 10.0 Å². The van der Waals surface area contributed by atoms with E-state index >= 15 is 0 Å². The molecule has 37 heavy (non-hydrogen) atoms. The van der Waals surface area contributed by atoms with E-state index in [1.165, 1.54) is 35.5 Å². The Kier molecular flexibility index (Phi) is 7.35. The number of nitrogens with one attached hydrogen (secondary N) is 1. The molecule has 0 radical (unpaired) electrons. The van der Waals surface area contributed by atoms with E-state index in [0.29, 0.717) is 40.6 Å². The Hall–Kier alpha value is -4.12. The second kappa shape index (κ2) is 10.5. The van der Waals surface area contributed by atoms with Gasteiger partial charge in [0.15, 0.2) is 5.75 Å². The summed E-state index contributed by atoms with van der Waals surface area (Å²) in [5.41, 5.74) is 0.997. The van der Waals surface area contributed by atoms with Crippen LogP contribution in [0.4, 0.5) is 5.69 Å². The van der Waals surface area contributed by atoms with Gasteiger partial charge in [-0.3, -0.25) is 13.9 Å². The summed E-state index contributed by atoms with van der Waals surface area (Å²) < 4.78 is 54.6. The predicted molar refractivity (Wildman–Crippen MR) is 141 cm³/mol. The number of ether oxygens (including phenoxy) is 4. The quantitative estimate of drug-likeness (QED) is 0.328. The molecular weight excluding hydrogens is 498 g/mol. The first-order chi connectivity index (χ1) is 17.7. The maximum absolute atomic E-state index is 13.4. The van der Waals surface area contributed by atoms with E-state index in [0.717, 1.165) is 6.42 Å². The fraction of sp³-hybridized carbons (Fsp3) is 0.269. The van der Waals surface area contributed by atoms with Gasteiger partial charge in [-0.2, -0.15) is 0 Å². The fourth-order valence-corrected chi connectivity index (χ4v) is 4.91. The van der Waals surface area contributed by atoms with Crippen molar-refractivity contribution < 1.29 is 27.4 Å². The van der Waals surface area contributed by atoms with E-state index in [2.05, 4.69) is 4.72 Å². The van der Waals surface area contributed by atoms with Gasteiger partial charge in [-0.1, -0.05) is 13.0 Å². The van der Waals surface area contributed by atoms with Crippen LogP contribution >= 0.6 is 0 Å². The van der Waals surface area contributed by atoms with Crippen LogP contribution in [0.2, 0.25) is 0 Å². The second-order valence-electron chi connectivity index (χ2n) is 8.32. The molecule has 10 nitrogen and oxygen atoms in total. The number of sulfonamides is 1. The zero-order valence-corrected chi connectivity index (χ0v) is 22.1. The van der Waals surface area contributed by atoms with Crippen molar-refractivity contribution in [1.82, 2.24) is 9.13 Å². The molecule has 3 aromatic carbocycles. The predicted octanol–water partition coefficient (Wildman–Crippen LogP) is 4.28. The first-order valence-corrected chi connectivity index (χ1v) is 13.0. The van der Waals surface area contributed by atoms with Crippen LogP contribution in [0.15, 0.2) is 64.3 Å². The molecule has 0 atom stereocenters. The fourth-order valence-electron chi connectivity index (χ4n) is 3.80. The normalized spacial score (nSPS) is 11.4. The third-order valence-corrected chi connectivity index (χ3v) is 7.10. The highest BCUT2D eigenvalue weighted by atomic mass is 32.2. The lowest BCUT2D eigenvalue weighted by atomic mass is 10.2. The molecule has 0 bridgehead atoms. The van der Waals surface area contributed by atoms with Gasteiger partial charge in [0.05, 0.1) is 42.4 Å². The van der Waals surface area contributed by atoms with Crippen LogP contribution in [-0.2, 0) is 24.1 Å². The Labute approximate surface area is 215 Å². The Balaban J connectivity index is 1.81. The average Bonchev–Trinajstić information content (AvgIpc) is 3.10. The summed E-state index contributed by atoms with van der Waals surface area (Å²) >= 11 is 0. The molecule has 1 heterocycles. The number of imidazole rings is 1. The van der Waals surface area contributed by atoms with Crippen LogP contribution < -0.4 is 29.4 Å². The molecule has 196 valence electrons. The van der Waals surface area contributed by atoms with E-state index in [1.807, 2.05) is 13.0 Å². The molecule has 0 unspecified atom stereocenters. The highest BCUT2D eigenvalue weighted by molar-refractivity contribution is 7.92. The van der Waals surface area contributed by atoms with E-state index in [4.69, 9.17) is 18.9 Å². The van der Waals surface area contributed by atoms with Gasteiger partial charge >= 0.3 is 5.69 Å². The maximum atomic E-state index is 13.4. The van der Waals surface area contributed by atoms with Gasteiger partial charge in [-0.15, -0.1) is 0 Å². The van der Waals surface area contributed by atoms with Crippen molar-refractivity contribution in [3.63, 3.8) is 0 Å². The number of methoxy groups -OCH3 is 2. The van der Waals surface area contributed by atoms with Crippen LogP contribution in [0.1, 0.15) is 13.3 Å². The molecule has 0 aliphatic rings. The van der Waals surface area contributed by atoms with Gasteiger partial charge in [0.1, 0.15) is 23.0 Å². The Morgan fingerprint density at radius 3 is 2.05 bits per heavy atom. The number of rotatable bonds is 10. The van der Waals surface area contributed by atoms with Crippen LogP contribution in [-0.4, -0.2) is 38.4 Å². The van der Waals surface area contributed by atoms with Crippen LogP contribution in [0.5, 0.6) is 28.7 Å². The lowest BCUT2D eigenvalue weighted by Gasteiger charge is -2.16. The minimum absolute atomic E-state index is 0.0633. The molecule has 0 fully saturated rings. The second-order valence-corrected chi connectivity index (χ2v) is 10.00. The summed E-state index contributed by atoms with van der Waals surface area (Å²) in [6, 6.07) is 14.6. The highest BCUT2D eigenvalue weighted by Gasteiger charge is 2.22. The van der Waals surface area contributed by atoms with Gasteiger partial charge < -0.3 is 18.9 Å². The molecule has 4 aromatic rings. The zero-order valence-electron chi connectivity index (χ0n) is 21.3. The van der Waals surface area contributed by atoms with E-state index in [1.54, 1.807) is 50.5 Å². The number of aryl methyl sites for hydroxylation is 2. The number of fused-ring (bicyclic) bond motifs is 1. The van der Waals surface area contributed by atoms with Gasteiger partial charge in [-0.25, -0.2) is 13.2 Å². The number of aromatic nitrogens is 2. The zero-order chi connectivity index (χ0) is 26.7. The summed E-state index contributed by atoms with van der Waals surface area (Å²) in [6.45, 7) is 2.56. The minimum Gasteiger partial charge on any atom is -0.497 e. The third-order valence-electron chi connectivity index (χ3n) is 5.76. The highest BCUT2D eigenvalue weighted by Crippen LogP contribution is 2.36. The number of hydrogen-bond donors (Lipinski definition) is 1. The smallest absolute Gasteiger partial charge is 0.328 e. The summed E-state index contributed by atoms with van der Waals surface area (Å²) in [7, 11) is 2.02. The van der Waals surface area contributed by atoms with E-state index in [9.17, 15) is 13.2 Å². The molecule has 0 spiro atoms. The molecule has 0 saturated heterocycles. The summed E-state index contributed by atoms with van der Waals surface area (Å²) in [5.74, 6) is 1.91. The first kappa shape index (κ1) is 26.0. The Bertz CT molecular complexity index is 1580. The van der Waals surface area contributed by atoms with E-state index in [-0.39, 0.29) is 22.0 Å². The molecule has 4 rings (SSSR count). The molecule has 0 amide bonds. The van der Waals surface area contributed by atoms with Crippen molar-refractivity contribution in [2.45, 2.75) is 18.2 Å². The van der Waals surface area contributed by atoms with Crippen LogP contribution in [0, 0.1) is 0 Å². The van der Waals surface area contributed by atoms with Crippen molar-refractivity contribution in [3.8, 4) is 28.7 Å². The SMILES string of the molecule is CCCOc1cccc(Oc2cc3c(cc2NS(=O)(=O)c2cc(OC)cc(OC)c2)n(C)c(=O)n3C)c1. The number of hydrogen-bond acceptors (Lipinski definition) is 7. The minimum atomic E-state index is -4.11. The van der Waals surface area contributed by atoms with Crippen molar-refractivity contribution in [1.29, 1.82) is 0 Å². The van der Waals surface area contributed by atoms with Crippen molar-refractivity contribution in [2.24, 2.45) is 14.1 Å². The van der Waals surface area contributed by atoms with Gasteiger partial charge in [0, 0.05) is 44.4 Å². The van der Waals surface area contributed by atoms with Crippen molar-refractivity contribution in [2.75, 3.05) is 25.5 Å². The third kappa shape index (κ3) is 5.36. The number of nitrogens with zero attached hydrogens (tertiary/aromatic N) is 2. The van der Waals surface area contributed by atoms with E-state index < -0.39 is 10.0 Å². The topological polar surface area (TPSA) is 110 Å². The summed E-state index contributed by atoms with van der Waals surface area (Å²) in [4.78, 5) is 12.5. The summed E-state index contributed by atoms with van der Waals surface area (Å²) in [5, 5.41) is 0. The average molecular weight is 528 g/mol. The van der Waals surface area contributed by atoms with Gasteiger partial charge in [0.2, 0.25) is 0 Å². The van der Waals surface area contributed by atoms with Gasteiger partial charge in [-0.05, 0) is 24.6 Å². The standard InChI is InChI=1S/C26H29N3O7S/c1-6-10-35-17-8-7-9-18(11-17)36-25-16-24-23(28(2)26(30)29(24)3)15-22(25)27-37(31,32)21-13-19(33-4)12-20(14-21)34-5/h7-9,11-16,27H,6,10H2,1-5H3. The molecule has 11 heteroatoms. The Morgan fingerprint density at radius 1 is 0.838 bits per heavy atom.